The molecule has 3 N–H and O–H groups in total. The molecule has 0 aliphatic heterocycles. The van der Waals surface area contributed by atoms with Crippen molar-refractivity contribution in [3.63, 3.8) is 0 Å². The molecule has 0 bridgehead atoms. The maximum atomic E-state index is 12.7. The lowest BCUT2D eigenvalue weighted by atomic mass is 10.1. The Labute approximate surface area is 188 Å². The summed E-state index contributed by atoms with van der Waals surface area (Å²) in [6.45, 7) is 2.66. The number of benzene rings is 3. The van der Waals surface area contributed by atoms with E-state index in [0.717, 1.165) is 18.4 Å². The molecule has 0 spiro atoms. The van der Waals surface area contributed by atoms with Crippen LogP contribution in [0.15, 0.2) is 77.7 Å². The first kappa shape index (κ1) is 23.3. The fraction of sp³-hybridized carbons (Fsp3) is 0.208. The number of rotatable bonds is 10. The van der Waals surface area contributed by atoms with E-state index in [0.29, 0.717) is 18.0 Å². The zero-order chi connectivity index (χ0) is 23.0. The number of sulfonamides is 1. The molecule has 8 heteroatoms. The summed E-state index contributed by atoms with van der Waals surface area (Å²) < 4.78 is 36.1. The van der Waals surface area contributed by atoms with Gasteiger partial charge in [-0.25, -0.2) is 18.4 Å². The van der Waals surface area contributed by atoms with E-state index in [4.69, 9.17) is 14.6 Å². The number of unbranched alkanes of at least 4 members (excludes halogenated alkanes) is 1. The van der Waals surface area contributed by atoms with E-state index in [1.54, 1.807) is 24.3 Å². The Bertz CT molecular complexity index is 1150. The predicted molar refractivity (Wildman–Crippen MR) is 123 cm³/mol. The maximum absolute atomic E-state index is 12.7. The van der Waals surface area contributed by atoms with Crippen molar-refractivity contribution in [2.75, 3.05) is 11.9 Å². The third-order valence-electron chi connectivity index (χ3n) is 4.62. The first-order chi connectivity index (χ1) is 15.4. The standard InChI is InChI=1S/C24H26N2O5S/c1-2-3-14-26-21-15-19(24(27)30-17-18-10-6-4-7-11-18)16-22(32(25,28)29)23(21)31-20-12-8-5-9-13-20/h4-13,15-16,26H,2-3,14,17H2,1H3,(H2,25,28,29). The number of primary sulfonamides is 1. The molecule has 0 fully saturated rings. The average molecular weight is 455 g/mol. The first-order valence-electron chi connectivity index (χ1n) is 10.3. The van der Waals surface area contributed by atoms with Crippen LogP contribution < -0.4 is 15.2 Å². The molecule has 0 heterocycles. The molecule has 0 radical (unpaired) electrons. The predicted octanol–water partition coefficient (Wildman–Crippen LogP) is 4.70. The Morgan fingerprint density at radius 1 is 1.00 bits per heavy atom. The number of nitrogens with one attached hydrogen (secondary N) is 1. The lowest BCUT2D eigenvalue weighted by Gasteiger charge is -2.18. The minimum Gasteiger partial charge on any atom is -0.457 e. The van der Waals surface area contributed by atoms with Crippen LogP contribution in [0.5, 0.6) is 11.5 Å². The number of para-hydroxylation sites is 1. The van der Waals surface area contributed by atoms with Gasteiger partial charge in [0.05, 0.1) is 11.3 Å². The summed E-state index contributed by atoms with van der Waals surface area (Å²) in [5.41, 5.74) is 1.22. The van der Waals surface area contributed by atoms with Crippen LogP contribution in [0.2, 0.25) is 0 Å². The Balaban J connectivity index is 1.98. The van der Waals surface area contributed by atoms with Crippen molar-refractivity contribution < 1.29 is 22.7 Å². The van der Waals surface area contributed by atoms with E-state index in [1.165, 1.54) is 12.1 Å². The molecule has 3 aromatic rings. The highest BCUT2D eigenvalue weighted by molar-refractivity contribution is 7.89. The number of esters is 1. The van der Waals surface area contributed by atoms with Crippen LogP contribution in [0.1, 0.15) is 35.7 Å². The van der Waals surface area contributed by atoms with Gasteiger partial charge in [0.25, 0.3) is 0 Å². The molecule has 3 aromatic carbocycles. The minimum atomic E-state index is -4.20. The Hall–Kier alpha value is -3.36. The lowest BCUT2D eigenvalue weighted by molar-refractivity contribution is 0.0472. The van der Waals surface area contributed by atoms with Crippen molar-refractivity contribution in [2.24, 2.45) is 5.14 Å². The molecule has 32 heavy (non-hydrogen) atoms. The molecule has 168 valence electrons. The molecule has 0 aromatic heterocycles. The van der Waals surface area contributed by atoms with Crippen molar-refractivity contribution in [1.82, 2.24) is 0 Å². The summed E-state index contributed by atoms with van der Waals surface area (Å²) >= 11 is 0. The van der Waals surface area contributed by atoms with Crippen LogP contribution in [0.3, 0.4) is 0 Å². The Kier molecular flexibility index (Phi) is 7.86. The second-order valence-electron chi connectivity index (χ2n) is 7.15. The van der Waals surface area contributed by atoms with Gasteiger partial charge in [-0.1, -0.05) is 61.9 Å². The zero-order valence-electron chi connectivity index (χ0n) is 17.8. The zero-order valence-corrected chi connectivity index (χ0v) is 18.6. The highest BCUT2D eigenvalue weighted by Crippen LogP contribution is 2.37. The molecule has 0 unspecified atom stereocenters. The van der Waals surface area contributed by atoms with Crippen LogP contribution in [-0.4, -0.2) is 20.9 Å². The SMILES string of the molecule is CCCCNc1cc(C(=O)OCc2ccccc2)cc(S(N)(=O)=O)c1Oc1ccccc1. The second-order valence-corrected chi connectivity index (χ2v) is 8.68. The van der Waals surface area contributed by atoms with Gasteiger partial charge in [-0.2, -0.15) is 0 Å². The summed E-state index contributed by atoms with van der Waals surface area (Å²) in [6, 6.07) is 20.7. The van der Waals surface area contributed by atoms with Crippen molar-refractivity contribution in [3.8, 4) is 11.5 Å². The summed E-state index contributed by atoms with van der Waals surface area (Å²) in [5, 5.41) is 8.64. The number of hydrogen-bond acceptors (Lipinski definition) is 6. The third-order valence-corrected chi connectivity index (χ3v) is 5.54. The van der Waals surface area contributed by atoms with Crippen LogP contribution in [0, 0.1) is 0 Å². The van der Waals surface area contributed by atoms with E-state index in [1.807, 2.05) is 43.3 Å². The smallest absolute Gasteiger partial charge is 0.338 e. The van der Waals surface area contributed by atoms with Crippen molar-refractivity contribution in [1.29, 1.82) is 0 Å². The summed E-state index contributed by atoms with van der Waals surface area (Å²) in [5.74, 6) is -0.187. The Morgan fingerprint density at radius 3 is 2.28 bits per heavy atom. The molecule has 0 atom stereocenters. The van der Waals surface area contributed by atoms with Crippen LogP contribution in [0.4, 0.5) is 5.69 Å². The average Bonchev–Trinajstić information content (AvgIpc) is 2.79. The molecular formula is C24H26N2O5S. The highest BCUT2D eigenvalue weighted by atomic mass is 32.2. The first-order valence-corrected chi connectivity index (χ1v) is 11.8. The van der Waals surface area contributed by atoms with Crippen molar-refractivity contribution >= 4 is 21.7 Å². The van der Waals surface area contributed by atoms with Gasteiger partial charge in [0.1, 0.15) is 17.3 Å². The van der Waals surface area contributed by atoms with Gasteiger partial charge in [-0.3, -0.25) is 0 Å². The molecule has 3 rings (SSSR count). The summed E-state index contributed by atoms with van der Waals surface area (Å²) in [7, 11) is -4.20. The Morgan fingerprint density at radius 2 is 1.66 bits per heavy atom. The number of ether oxygens (including phenoxy) is 2. The number of carbonyl (C=O) groups excluding carboxylic acids is 1. The monoisotopic (exact) mass is 454 g/mol. The fourth-order valence-electron chi connectivity index (χ4n) is 2.98. The van der Waals surface area contributed by atoms with Crippen LogP contribution >= 0.6 is 0 Å². The number of anilines is 1. The number of hydrogen-bond donors (Lipinski definition) is 2. The maximum Gasteiger partial charge on any atom is 0.338 e. The molecule has 0 aliphatic rings. The van der Waals surface area contributed by atoms with Gasteiger partial charge in [0.15, 0.2) is 5.75 Å². The van der Waals surface area contributed by atoms with E-state index in [2.05, 4.69) is 5.32 Å². The molecule has 0 aliphatic carbocycles. The van der Waals surface area contributed by atoms with Gasteiger partial charge in [-0.05, 0) is 36.2 Å². The van der Waals surface area contributed by atoms with Crippen molar-refractivity contribution in [3.05, 3.63) is 83.9 Å². The topological polar surface area (TPSA) is 108 Å². The van der Waals surface area contributed by atoms with Gasteiger partial charge in [0.2, 0.25) is 10.0 Å². The van der Waals surface area contributed by atoms with E-state index >= 15 is 0 Å². The van der Waals surface area contributed by atoms with Gasteiger partial charge in [-0.15, -0.1) is 0 Å². The van der Waals surface area contributed by atoms with Gasteiger partial charge < -0.3 is 14.8 Å². The summed E-state index contributed by atoms with van der Waals surface area (Å²) in [4.78, 5) is 12.4. The molecular weight excluding hydrogens is 428 g/mol. The largest absolute Gasteiger partial charge is 0.457 e. The minimum absolute atomic E-state index is 0.0365. The number of nitrogens with two attached hydrogens (primary N) is 1. The fourth-order valence-corrected chi connectivity index (χ4v) is 3.68. The number of carbonyl (C=O) groups is 1. The van der Waals surface area contributed by atoms with Gasteiger partial charge in [0, 0.05) is 6.54 Å². The third kappa shape index (κ3) is 6.32. The van der Waals surface area contributed by atoms with Crippen molar-refractivity contribution in [2.45, 2.75) is 31.3 Å². The molecule has 7 nitrogen and oxygen atoms in total. The van der Waals surface area contributed by atoms with E-state index in [9.17, 15) is 13.2 Å². The molecule has 0 amide bonds. The van der Waals surface area contributed by atoms with Gasteiger partial charge >= 0.3 is 5.97 Å². The van der Waals surface area contributed by atoms with E-state index < -0.39 is 16.0 Å². The van der Waals surface area contributed by atoms with Crippen LogP contribution in [-0.2, 0) is 21.4 Å². The quantitative estimate of drug-likeness (QED) is 0.340. The molecule has 0 saturated carbocycles. The van der Waals surface area contributed by atoms with Crippen LogP contribution in [0.25, 0.3) is 0 Å². The molecule has 0 saturated heterocycles. The normalized spacial score (nSPS) is 11.1. The summed E-state index contributed by atoms with van der Waals surface area (Å²) in [6.07, 6.45) is 1.78. The second kappa shape index (κ2) is 10.8. The lowest BCUT2D eigenvalue weighted by Crippen LogP contribution is -2.17. The van der Waals surface area contributed by atoms with E-state index in [-0.39, 0.29) is 22.8 Å². The highest BCUT2D eigenvalue weighted by Gasteiger charge is 2.24.